The summed E-state index contributed by atoms with van der Waals surface area (Å²) >= 11 is 0. The number of hydrogen-bond acceptors (Lipinski definition) is 3. The normalized spacial score (nSPS) is 11.2. The zero-order valence-electron chi connectivity index (χ0n) is 10.0. The van der Waals surface area contributed by atoms with Gasteiger partial charge in [0.05, 0.1) is 0 Å². The highest BCUT2D eigenvalue weighted by molar-refractivity contribution is 5.83. The fraction of sp³-hybridized carbons (Fsp3) is 0.0769. The fourth-order valence-electron chi connectivity index (χ4n) is 1.43. The van der Waals surface area contributed by atoms with Gasteiger partial charge in [0.15, 0.2) is 0 Å². The average molecular weight is 282 g/mol. The van der Waals surface area contributed by atoms with Crippen molar-refractivity contribution in [3.05, 3.63) is 54.0 Å². The van der Waals surface area contributed by atoms with Gasteiger partial charge in [0.2, 0.25) is 5.88 Å². The van der Waals surface area contributed by atoms with Crippen molar-refractivity contribution < 1.29 is 22.7 Å². The fourth-order valence-corrected chi connectivity index (χ4v) is 1.43. The summed E-state index contributed by atoms with van der Waals surface area (Å²) in [5.41, 5.74) is 4.00. The minimum absolute atomic E-state index is 0.157. The Hall–Kier alpha value is -2.57. The molecule has 0 bridgehead atoms. The minimum Gasteiger partial charge on any atom is -0.439 e. The third kappa shape index (κ3) is 2.87. The maximum atomic E-state index is 13.4. The van der Waals surface area contributed by atoms with Crippen molar-refractivity contribution in [3.8, 4) is 11.6 Å². The number of rotatable bonds is 4. The Kier molecular flexibility index (Phi) is 3.60. The zero-order chi connectivity index (χ0) is 14.8. The quantitative estimate of drug-likeness (QED) is 0.937. The number of nitrogens with zero attached hydrogens (tertiary/aromatic N) is 1. The molecule has 0 fully saturated rings. The summed E-state index contributed by atoms with van der Waals surface area (Å²) in [6.45, 7) is 0. The number of halogens is 3. The van der Waals surface area contributed by atoms with Crippen LogP contribution in [0.1, 0.15) is 5.56 Å². The molecular weight excluding hydrogens is 273 g/mol. The first-order valence-corrected chi connectivity index (χ1v) is 5.47. The average Bonchev–Trinajstić information content (AvgIpc) is 2.41. The third-order valence-corrected chi connectivity index (χ3v) is 2.44. The van der Waals surface area contributed by atoms with Gasteiger partial charge in [-0.1, -0.05) is 0 Å². The molecule has 0 aliphatic carbocycles. The van der Waals surface area contributed by atoms with Gasteiger partial charge in [0.25, 0.3) is 5.91 Å². The molecule has 2 aromatic rings. The van der Waals surface area contributed by atoms with E-state index >= 15 is 0 Å². The van der Waals surface area contributed by atoms with Crippen LogP contribution >= 0.6 is 0 Å². The van der Waals surface area contributed by atoms with E-state index < -0.39 is 23.2 Å². The number of alkyl halides is 2. The molecule has 0 saturated carbocycles. The van der Waals surface area contributed by atoms with Crippen LogP contribution in [0, 0.1) is 5.82 Å². The second-order valence-electron chi connectivity index (χ2n) is 3.88. The Morgan fingerprint density at radius 3 is 2.45 bits per heavy atom. The van der Waals surface area contributed by atoms with Crippen LogP contribution in [0.15, 0.2) is 42.6 Å². The lowest BCUT2D eigenvalue weighted by Gasteiger charge is -2.13. The second-order valence-corrected chi connectivity index (χ2v) is 3.88. The van der Waals surface area contributed by atoms with Crippen LogP contribution in [0.2, 0.25) is 0 Å². The molecule has 2 N–H and O–H groups in total. The highest BCUT2D eigenvalue weighted by atomic mass is 19.3. The topological polar surface area (TPSA) is 65.2 Å². The van der Waals surface area contributed by atoms with E-state index in [1.54, 1.807) is 0 Å². The lowest BCUT2D eigenvalue weighted by molar-refractivity contribution is -0.143. The molecule has 0 saturated heterocycles. The van der Waals surface area contributed by atoms with E-state index in [0.29, 0.717) is 0 Å². The Labute approximate surface area is 112 Å². The SMILES string of the molecule is NC(=O)C(F)(F)c1ccnc(Oc2ccc(F)cc2)c1. The standard InChI is InChI=1S/C13H9F3N2O2/c14-9-1-3-10(4-2-9)20-11-7-8(5-6-18-11)13(15,16)12(17)19/h1-7H,(H2,17,19). The van der Waals surface area contributed by atoms with Crippen LogP contribution in [-0.4, -0.2) is 10.9 Å². The van der Waals surface area contributed by atoms with Crippen molar-refractivity contribution >= 4 is 5.91 Å². The minimum atomic E-state index is -3.82. The number of benzene rings is 1. The highest BCUT2D eigenvalue weighted by Gasteiger charge is 2.39. The largest absolute Gasteiger partial charge is 0.439 e. The van der Waals surface area contributed by atoms with Gasteiger partial charge >= 0.3 is 5.92 Å². The van der Waals surface area contributed by atoms with Gasteiger partial charge in [-0.25, -0.2) is 9.37 Å². The summed E-state index contributed by atoms with van der Waals surface area (Å²) in [6.07, 6.45) is 1.06. The molecule has 0 atom stereocenters. The first kappa shape index (κ1) is 13.9. The van der Waals surface area contributed by atoms with Gasteiger partial charge in [-0.3, -0.25) is 4.79 Å². The summed E-state index contributed by atoms with van der Waals surface area (Å²) in [5.74, 6) is -5.98. The Morgan fingerprint density at radius 1 is 1.20 bits per heavy atom. The van der Waals surface area contributed by atoms with E-state index in [1.165, 1.54) is 12.1 Å². The number of ether oxygens (including phenoxy) is 1. The van der Waals surface area contributed by atoms with Crippen molar-refractivity contribution in [2.24, 2.45) is 5.73 Å². The molecule has 1 heterocycles. The molecular formula is C13H9F3N2O2. The van der Waals surface area contributed by atoms with Crippen molar-refractivity contribution in [2.45, 2.75) is 5.92 Å². The monoisotopic (exact) mass is 282 g/mol. The Bertz CT molecular complexity index is 630. The number of pyridine rings is 1. The first-order chi connectivity index (χ1) is 9.39. The van der Waals surface area contributed by atoms with Crippen molar-refractivity contribution in [1.82, 2.24) is 4.98 Å². The summed E-state index contributed by atoms with van der Waals surface area (Å²) < 4.78 is 44.8. The number of primary amides is 1. The molecule has 7 heteroatoms. The summed E-state index contributed by atoms with van der Waals surface area (Å²) in [6, 6.07) is 6.79. The highest BCUT2D eigenvalue weighted by Crippen LogP contribution is 2.30. The number of hydrogen-bond donors (Lipinski definition) is 1. The van der Waals surface area contributed by atoms with Crippen molar-refractivity contribution in [1.29, 1.82) is 0 Å². The van der Waals surface area contributed by atoms with E-state index in [2.05, 4.69) is 10.7 Å². The van der Waals surface area contributed by atoms with Gasteiger partial charge in [-0.2, -0.15) is 8.78 Å². The van der Waals surface area contributed by atoms with Gasteiger partial charge in [0, 0.05) is 17.8 Å². The van der Waals surface area contributed by atoms with Gasteiger partial charge in [-0.15, -0.1) is 0 Å². The predicted molar refractivity (Wildman–Crippen MR) is 63.8 cm³/mol. The summed E-state index contributed by atoms with van der Waals surface area (Å²) in [4.78, 5) is 14.4. The molecule has 104 valence electrons. The molecule has 1 amide bonds. The van der Waals surface area contributed by atoms with E-state index in [4.69, 9.17) is 4.74 Å². The molecule has 2 rings (SSSR count). The molecule has 20 heavy (non-hydrogen) atoms. The number of nitrogens with two attached hydrogens (primary N) is 1. The number of aromatic nitrogens is 1. The van der Waals surface area contributed by atoms with Crippen LogP contribution < -0.4 is 10.5 Å². The number of carbonyl (C=O) groups excluding carboxylic acids is 1. The predicted octanol–water partition coefficient (Wildman–Crippen LogP) is 2.59. The molecule has 0 spiro atoms. The molecule has 0 aliphatic rings. The van der Waals surface area contributed by atoms with Gasteiger partial charge in [-0.05, 0) is 30.3 Å². The maximum Gasteiger partial charge on any atom is 0.349 e. The Morgan fingerprint density at radius 2 is 1.85 bits per heavy atom. The lowest BCUT2D eigenvalue weighted by atomic mass is 10.1. The van der Waals surface area contributed by atoms with Gasteiger partial charge in [0.1, 0.15) is 11.6 Å². The molecule has 1 aromatic heterocycles. The summed E-state index contributed by atoms with van der Waals surface area (Å²) in [5, 5.41) is 0. The van der Waals surface area contributed by atoms with Crippen LogP contribution in [0.25, 0.3) is 0 Å². The van der Waals surface area contributed by atoms with Crippen LogP contribution in [0.3, 0.4) is 0 Å². The maximum absolute atomic E-state index is 13.4. The van der Waals surface area contributed by atoms with Crippen molar-refractivity contribution in [2.75, 3.05) is 0 Å². The van der Waals surface area contributed by atoms with Crippen LogP contribution in [-0.2, 0) is 10.7 Å². The lowest BCUT2D eigenvalue weighted by Crippen LogP contribution is -2.32. The molecule has 0 aliphatic heterocycles. The van der Waals surface area contributed by atoms with Gasteiger partial charge < -0.3 is 10.5 Å². The number of amides is 1. The second kappa shape index (κ2) is 5.20. The van der Waals surface area contributed by atoms with E-state index in [1.807, 2.05) is 0 Å². The van der Waals surface area contributed by atoms with E-state index in [9.17, 15) is 18.0 Å². The van der Waals surface area contributed by atoms with E-state index in [0.717, 1.165) is 30.5 Å². The zero-order valence-corrected chi connectivity index (χ0v) is 10.0. The van der Waals surface area contributed by atoms with Crippen LogP contribution in [0.5, 0.6) is 11.6 Å². The van der Waals surface area contributed by atoms with Crippen molar-refractivity contribution in [3.63, 3.8) is 0 Å². The Balaban J connectivity index is 2.26. The third-order valence-electron chi connectivity index (χ3n) is 2.44. The molecule has 1 aromatic carbocycles. The number of carbonyl (C=O) groups is 1. The van der Waals surface area contributed by atoms with E-state index in [-0.39, 0.29) is 11.6 Å². The molecule has 0 radical (unpaired) electrons. The molecule has 4 nitrogen and oxygen atoms in total. The first-order valence-electron chi connectivity index (χ1n) is 5.47. The molecule has 0 unspecified atom stereocenters. The van der Waals surface area contributed by atoms with Crippen LogP contribution in [0.4, 0.5) is 13.2 Å². The smallest absolute Gasteiger partial charge is 0.349 e. The summed E-state index contributed by atoms with van der Waals surface area (Å²) in [7, 11) is 0.